The molecule has 2 N–H and O–H groups in total. The number of ether oxygens (including phenoxy) is 1. The van der Waals surface area contributed by atoms with Crippen LogP contribution in [0.4, 0.5) is 13.2 Å². The number of hydrogen-bond acceptors (Lipinski definition) is 5. The van der Waals surface area contributed by atoms with Gasteiger partial charge in [-0.2, -0.15) is 13.2 Å². The second-order valence-corrected chi connectivity index (χ2v) is 10.8. The van der Waals surface area contributed by atoms with E-state index in [-0.39, 0.29) is 5.92 Å². The van der Waals surface area contributed by atoms with Crippen molar-refractivity contribution in [2.45, 2.75) is 45.9 Å². The first-order chi connectivity index (χ1) is 19.0. The van der Waals surface area contributed by atoms with E-state index in [2.05, 4.69) is 5.48 Å². The van der Waals surface area contributed by atoms with E-state index in [0.717, 1.165) is 38.6 Å². The Morgan fingerprint density at radius 2 is 1.82 bits per heavy atom. The van der Waals surface area contributed by atoms with Crippen LogP contribution in [0.5, 0.6) is 5.75 Å². The highest BCUT2D eigenvalue weighted by Gasteiger charge is 2.31. The topological polar surface area (TPSA) is 67.8 Å². The molecule has 5 nitrogen and oxygen atoms in total. The molecule has 9 heteroatoms. The fraction of sp³-hybridized carbons (Fsp3) is 0.258. The van der Waals surface area contributed by atoms with Crippen molar-refractivity contribution in [3.05, 3.63) is 106 Å². The summed E-state index contributed by atoms with van der Waals surface area (Å²) in [5.74, 6) is -0.484. The number of carboxylic acid groups (broad SMARTS) is 1. The standard InChI is InChI=1S/C31H30F3NO4S/c1-19(2)30-24-11-10-23(31(32,33)34)16-28(24)40-27(30)14-12-25(35-39-17-21-7-5-4-6-8-21)22-9-13-26(20(3)15-22)38-18-29(36)37/h4-13,15-16,19,35H,14,17-18H2,1-3H3,(H,36,37). The molecule has 1 heterocycles. The van der Waals surface area contributed by atoms with Gasteiger partial charge in [-0.1, -0.05) is 56.3 Å². The molecule has 0 radical (unpaired) electrons. The average Bonchev–Trinajstić information content (AvgIpc) is 3.28. The van der Waals surface area contributed by atoms with Crippen molar-refractivity contribution in [1.29, 1.82) is 0 Å². The molecule has 0 saturated carbocycles. The Hall–Kier alpha value is -3.82. The number of alkyl halides is 3. The molecule has 0 saturated heterocycles. The van der Waals surface area contributed by atoms with Crippen LogP contribution in [0.3, 0.4) is 0 Å². The minimum absolute atomic E-state index is 0.118. The minimum atomic E-state index is -4.40. The number of hydrogen-bond donors (Lipinski definition) is 2. The molecule has 0 spiro atoms. The molecule has 40 heavy (non-hydrogen) atoms. The molecule has 0 aliphatic heterocycles. The lowest BCUT2D eigenvalue weighted by atomic mass is 9.97. The SMILES string of the molecule is Cc1cc(C(=CCc2sc3cc(C(F)(F)F)ccc3c2C(C)C)NOCc2ccccc2)ccc1OCC(=O)O. The molecular weight excluding hydrogens is 539 g/mol. The van der Waals surface area contributed by atoms with Crippen LogP contribution in [-0.4, -0.2) is 17.7 Å². The van der Waals surface area contributed by atoms with Crippen LogP contribution in [0.1, 0.15) is 52.5 Å². The van der Waals surface area contributed by atoms with Crippen LogP contribution in [0, 0.1) is 6.92 Å². The third-order valence-corrected chi connectivity index (χ3v) is 7.49. The Balaban J connectivity index is 1.66. The van der Waals surface area contributed by atoms with E-state index in [9.17, 15) is 18.0 Å². The van der Waals surface area contributed by atoms with Crippen molar-refractivity contribution in [2.24, 2.45) is 0 Å². The van der Waals surface area contributed by atoms with Crippen molar-refractivity contribution in [3.8, 4) is 5.75 Å². The molecular formula is C31H30F3NO4S. The Morgan fingerprint density at radius 3 is 2.48 bits per heavy atom. The summed E-state index contributed by atoms with van der Waals surface area (Å²) in [4.78, 5) is 17.7. The number of halogens is 3. The van der Waals surface area contributed by atoms with Gasteiger partial charge in [0.2, 0.25) is 0 Å². The van der Waals surface area contributed by atoms with E-state index < -0.39 is 24.3 Å². The lowest BCUT2D eigenvalue weighted by molar-refractivity contribution is -0.139. The van der Waals surface area contributed by atoms with E-state index in [1.54, 1.807) is 18.2 Å². The zero-order valence-electron chi connectivity index (χ0n) is 22.3. The molecule has 0 atom stereocenters. The fourth-order valence-corrected chi connectivity index (χ4v) is 5.79. The summed E-state index contributed by atoms with van der Waals surface area (Å²) in [7, 11) is 0. The number of allylic oxidation sites excluding steroid dienone is 1. The van der Waals surface area contributed by atoms with Crippen LogP contribution in [0.15, 0.2) is 72.8 Å². The molecule has 0 unspecified atom stereocenters. The van der Waals surface area contributed by atoms with Gasteiger partial charge < -0.3 is 9.84 Å². The van der Waals surface area contributed by atoms with Crippen molar-refractivity contribution in [3.63, 3.8) is 0 Å². The largest absolute Gasteiger partial charge is 0.482 e. The van der Waals surface area contributed by atoms with E-state index in [1.807, 2.05) is 63.2 Å². The van der Waals surface area contributed by atoms with Crippen LogP contribution in [-0.2, 0) is 28.8 Å². The first-order valence-corrected chi connectivity index (χ1v) is 13.5. The van der Waals surface area contributed by atoms with Crippen molar-refractivity contribution in [1.82, 2.24) is 5.48 Å². The number of aliphatic carboxylic acids is 1. The van der Waals surface area contributed by atoms with E-state index in [4.69, 9.17) is 14.7 Å². The third kappa shape index (κ3) is 7.22. The summed E-state index contributed by atoms with van der Waals surface area (Å²) in [6.45, 7) is 5.77. The first-order valence-electron chi connectivity index (χ1n) is 12.7. The second-order valence-electron chi connectivity index (χ2n) is 9.66. The Bertz CT molecular complexity index is 1510. The highest BCUT2D eigenvalue weighted by molar-refractivity contribution is 7.19. The monoisotopic (exact) mass is 569 g/mol. The summed E-state index contributed by atoms with van der Waals surface area (Å²) < 4.78 is 46.0. The van der Waals surface area contributed by atoms with Gasteiger partial charge in [-0.15, -0.1) is 11.3 Å². The van der Waals surface area contributed by atoms with Gasteiger partial charge in [0.15, 0.2) is 6.61 Å². The van der Waals surface area contributed by atoms with Crippen molar-refractivity contribution < 1.29 is 32.6 Å². The number of carbonyl (C=O) groups is 1. The molecule has 4 rings (SSSR count). The number of hydroxylamine groups is 1. The van der Waals surface area contributed by atoms with Gasteiger partial charge >= 0.3 is 12.1 Å². The van der Waals surface area contributed by atoms with Gasteiger partial charge in [-0.3, -0.25) is 10.3 Å². The number of fused-ring (bicyclic) bond motifs is 1. The molecule has 210 valence electrons. The Morgan fingerprint density at radius 1 is 1.07 bits per heavy atom. The molecule has 0 amide bonds. The van der Waals surface area contributed by atoms with Gasteiger partial charge in [0, 0.05) is 21.6 Å². The number of thiophene rings is 1. The molecule has 3 aromatic carbocycles. The molecule has 0 aliphatic carbocycles. The van der Waals surface area contributed by atoms with Crippen LogP contribution < -0.4 is 10.2 Å². The van der Waals surface area contributed by atoms with E-state index in [1.165, 1.54) is 17.4 Å². The van der Waals surface area contributed by atoms with Gasteiger partial charge in [0.1, 0.15) is 5.75 Å². The summed E-state index contributed by atoms with van der Waals surface area (Å²) in [5.41, 5.74) is 6.61. The van der Waals surface area contributed by atoms with Gasteiger partial charge in [0.05, 0.1) is 17.9 Å². The molecule has 0 bridgehead atoms. The second kappa shape index (κ2) is 12.6. The number of aryl methyl sites for hydroxylation is 1. The maximum atomic E-state index is 13.3. The van der Waals surface area contributed by atoms with Crippen molar-refractivity contribution >= 4 is 33.1 Å². The molecule has 1 aromatic heterocycles. The minimum Gasteiger partial charge on any atom is -0.482 e. The summed E-state index contributed by atoms with van der Waals surface area (Å²) >= 11 is 1.37. The molecule has 0 aliphatic rings. The predicted octanol–water partition coefficient (Wildman–Crippen LogP) is 8.12. The maximum Gasteiger partial charge on any atom is 0.416 e. The number of nitrogens with one attached hydrogen (secondary N) is 1. The van der Waals surface area contributed by atoms with Gasteiger partial charge in [-0.05, 0) is 65.3 Å². The average molecular weight is 570 g/mol. The lowest BCUT2D eigenvalue weighted by Crippen LogP contribution is -2.14. The summed E-state index contributed by atoms with van der Waals surface area (Å²) in [6, 6.07) is 19.0. The third-order valence-electron chi connectivity index (χ3n) is 6.30. The highest BCUT2D eigenvalue weighted by atomic mass is 32.1. The maximum absolute atomic E-state index is 13.3. The number of benzene rings is 3. The summed E-state index contributed by atoms with van der Waals surface area (Å²) in [6.07, 6.45) is -1.97. The Labute approximate surface area is 234 Å². The zero-order valence-corrected chi connectivity index (χ0v) is 23.2. The fourth-order valence-electron chi connectivity index (χ4n) is 4.43. The highest BCUT2D eigenvalue weighted by Crippen LogP contribution is 2.40. The van der Waals surface area contributed by atoms with E-state index in [0.29, 0.717) is 29.2 Å². The number of carboxylic acids is 1. The predicted molar refractivity (Wildman–Crippen MR) is 151 cm³/mol. The van der Waals surface area contributed by atoms with Crippen LogP contribution >= 0.6 is 11.3 Å². The van der Waals surface area contributed by atoms with Crippen LogP contribution in [0.25, 0.3) is 15.8 Å². The molecule has 0 fully saturated rings. The lowest BCUT2D eigenvalue weighted by Gasteiger charge is -2.15. The van der Waals surface area contributed by atoms with Gasteiger partial charge in [-0.25, -0.2) is 4.79 Å². The van der Waals surface area contributed by atoms with E-state index >= 15 is 0 Å². The van der Waals surface area contributed by atoms with Gasteiger partial charge in [0.25, 0.3) is 0 Å². The van der Waals surface area contributed by atoms with Crippen molar-refractivity contribution in [2.75, 3.05) is 6.61 Å². The van der Waals surface area contributed by atoms with Crippen LogP contribution in [0.2, 0.25) is 0 Å². The Kier molecular flexibility index (Phi) is 9.17. The first kappa shape index (κ1) is 29.2. The summed E-state index contributed by atoms with van der Waals surface area (Å²) in [5, 5.41) is 9.77. The molecule has 4 aromatic rings. The smallest absolute Gasteiger partial charge is 0.416 e. The zero-order chi connectivity index (χ0) is 28.9. The number of rotatable bonds is 11. The quantitative estimate of drug-likeness (QED) is 0.179. The normalized spacial score (nSPS) is 12.2.